The molecule has 0 atom stereocenters. The van der Waals surface area contributed by atoms with Crippen LogP contribution in [0.3, 0.4) is 0 Å². The van der Waals surface area contributed by atoms with E-state index in [2.05, 4.69) is 39.5 Å². The van der Waals surface area contributed by atoms with Crippen molar-refractivity contribution in [2.24, 2.45) is 4.99 Å². The van der Waals surface area contributed by atoms with E-state index in [4.69, 9.17) is 9.26 Å². The third-order valence-electron chi connectivity index (χ3n) is 5.37. The summed E-state index contributed by atoms with van der Waals surface area (Å²) in [4.78, 5) is 6.66. The molecule has 3 rings (SSSR count). The van der Waals surface area contributed by atoms with E-state index in [0.717, 1.165) is 55.5 Å². The maximum Gasteiger partial charge on any atom is 0.191 e. The molecule has 0 aliphatic carbocycles. The fourth-order valence-corrected chi connectivity index (χ4v) is 3.55. The molecule has 1 saturated heterocycles. The second-order valence-corrected chi connectivity index (χ2v) is 7.96. The molecule has 0 saturated carbocycles. The van der Waals surface area contributed by atoms with Crippen molar-refractivity contribution < 1.29 is 13.7 Å². The van der Waals surface area contributed by atoms with Crippen LogP contribution in [0.2, 0.25) is 0 Å². The van der Waals surface area contributed by atoms with Crippen LogP contribution >= 0.6 is 24.0 Å². The van der Waals surface area contributed by atoms with Crippen LogP contribution in [0, 0.1) is 5.82 Å². The highest BCUT2D eigenvalue weighted by atomic mass is 127. The summed E-state index contributed by atoms with van der Waals surface area (Å²) in [6.45, 7) is 7.36. The molecule has 9 heteroatoms. The number of methoxy groups -OCH3 is 1. The second kappa shape index (κ2) is 12.2. The number of rotatable bonds is 7. The van der Waals surface area contributed by atoms with Gasteiger partial charge in [0.2, 0.25) is 0 Å². The smallest absolute Gasteiger partial charge is 0.191 e. The number of aliphatic imine (C=N–C) groups is 1. The van der Waals surface area contributed by atoms with Crippen molar-refractivity contribution in [2.45, 2.75) is 51.7 Å². The zero-order chi connectivity index (χ0) is 21.5. The van der Waals surface area contributed by atoms with Crippen molar-refractivity contribution in [3.05, 3.63) is 47.1 Å². The number of hydrogen-bond acceptors (Lipinski definition) is 5. The number of hydrogen-bond donors (Lipinski definition) is 2. The molecule has 0 spiro atoms. The van der Waals surface area contributed by atoms with Crippen LogP contribution in [0.1, 0.15) is 49.6 Å². The summed E-state index contributed by atoms with van der Waals surface area (Å²) in [5, 5.41) is 10.9. The number of piperidine rings is 1. The van der Waals surface area contributed by atoms with Gasteiger partial charge in [-0.2, -0.15) is 0 Å². The first-order valence-electron chi connectivity index (χ1n) is 10.5. The minimum absolute atomic E-state index is 0. The van der Waals surface area contributed by atoms with Gasteiger partial charge in [-0.05, 0) is 36.5 Å². The normalized spacial score (nSPS) is 15.6. The van der Waals surface area contributed by atoms with Gasteiger partial charge in [0, 0.05) is 38.8 Å². The van der Waals surface area contributed by atoms with E-state index >= 15 is 0 Å². The van der Waals surface area contributed by atoms with Gasteiger partial charge in [-0.25, -0.2) is 4.39 Å². The third kappa shape index (κ3) is 7.34. The molecule has 0 amide bonds. The number of likely N-dealkylation sites (tertiary alicyclic amines) is 1. The van der Waals surface area contributed by atoms with Crippen LogP contribution in [-0.2, 0) is 13.1 Å². The van der Waals surface area contributed by atoms with E-state index in [1.165, 1.54) is 7.11 Å². The van der Waals surface area contributed by atoms with Gasteiger partial charge in [0.1, 0.15) is 0 Å². The van der Waals surface area contributed by atoms with Crippen LogP contribution in [-0.4, -0.2) is 49.3 Å². The zero-order valence-electron chi connectivity index (χ0n) is 18.7. The minimum atomic E-state index is -0.311. The van der Waals surface area contributed by atoms with Crippen molar-refractivity contribution in [3.8, 4) is 5.75 Å². The lowest BCUT2D eigenvalue weighted by Gasteiger charge is -2.33. The lowest BCUT2D eigenvalue weighted by molar-refractivity contribution is 0.198. The Bertz CT molecular complexity index is 850. The highest BCUT2D eigenvalue weighted by molar-refractivity contribution is 14.0. The first kappa shape index (κ1) is 25.4. The van der Waals surface area contributed by atoms with Gasteiger partial charge in [0.25, 0.3) is 0 Å². The van der Waals surface area contributed by atoms with E-state index < -0.39 is 0 Å². The Labute approximate surface area is 200 Å². The number of ether oxygens (including phenoxy) is 1. The Hall–Kier alpha value is -1.88. The molecule has 0 radical (unpaired) electrons. The molecular formula is C22H33FIN5O2. The van der Waals surface area contributed by atoms with Crippen LogP contribution in [0.25, 0.3) is 0 Å². The number of nitrogens with one attached hydrogen (secondary N) is 2. The number of aromatic nitrogens is 1. The molecule has 1 aromatic carbocycles. The van der Waals surface area contributed by atoms with Crippen molar-refractivity contribution in [3.63, 3.8) is 0 Å². The molecule has 31 heavy (non-hydrogen) atoms. The Morgan fingerprint density at radius 3 is 2.65 bits per heavy atom. The number of benzene rings is 1. The minimum Gasteiger partial charge on any atom is -0.494 e. The fraction of sp³-hybridized carbons (Fsp3) is 0.545. The standard InChI is InChI=1S/C22H32FN5O2.HI/c1-15(2)20-12-18(30-27-20)13-25-22(24-3)26-17-7-9-28(10-8-17)14-16-5-6-21(29-4)19(23)11-16;/h5-6,11-12,15,17H,7-10,13-14H2,1-4H3,(H2,24,25,26);1H. The van der Waals surface area contributed by atoms with Gasteiger partial charge >= 0.3 is 0 Å². The first-order valence-corrected chi connectivity index (χ1v) is 10.5. The molecule has 2 N–H and O–H groups in total. The quantitative estimate of drug-likeness (QED) is 0.313. The highest BCUT2D eigenvalue weighted by Gasteiger charge is 2.20. The first-order chi connectivity index (χ1) is 14.5. The maximum absolute atomic E-state index is 13.9. The molecule has 0 unspecified atom stereocenters. The maximum atomic E-state index is 13.9. The topological polar surface area (TPSA) is 74.9 Å². The summed E-state index contributed by atoms with van der Waals surface area (Å²) in [6, 6.07) is 7.50. The van der Waals surface area contributed by atoms with Gasteiger partial charge in [-0.3, -0.25) is 9.89 Å². The zero-order valence-corrected chi connectivity index (χ0v) is 21.0. The Morgan fingerprint density at radius 1 is 1.32 bits per heavy atom. The molecule has 7 nitrogen and oxygen atoms in total. The van der Waals surface area contributed by atoms with E-state index in [9.17, 15) is 4.39 Å². The van der Waals surface area contributed by atoms with Crippen LogP contribution < -0.4 is 15.4 Å². The predicted octanol–water partition coefficient (Wildman–Crippen LogP) is 3.89. The molecular weight excluding hydrogens is 512 g/mol. The summed E-state index contributed by atoms with van der Waals surface area (Å²) in [5.74, 6) is 1.87. The van der Waals surface area contributed by atoms with E-state index in [-0.39, 0.29) is 35.5 Å². The van der Waals surface area contributed by atoms with E-state index in [0.29, 0.717) is 18.5 Å². The average Bonchev–Trinajstić information content (AvgIpc) is 3.22. The number of nitrogens with zero attached hydrogens (tertiary/aromatic N) is 3. The molecule has 1 aliphatic rings. The van der Waals surface area contributed by atoms with Crippen molar-refractivity contribution in [1.29, 1.82) is 0 Å². The van der Waals surface area contributed by atoms with Gasteiger partial charge in [-0.1, -0.05) is 25.1 Å². The summed E-state index contributed by atoms with van der Waals surface area (Å²) in [5.41, 5.74) is 1.92. The molecule has 2 heterocycles. The monoisotopic (exact) mass is 545 g/mol. The highest BCUT2D eigenvalue weighted by Crippen LogP contribution is 2.20. The van der Waals surface area contributed by atoms with Gasteiger partial charge in [-0.15, -0.1) is 24.0 Å². The lowest BCUT2D eigenvalue weighted by Crippen LogP contribution is -2.48. The largest absolute Gasteiger partial charge is 0.494 e. The lowest BCUT2D eigenvalue weighted by atomic mass is 10.0. The Morgan fingerprint density at radius 2 is 2.06 bits per heavy atom. The van der Waals surface area contributed by atoms with Crippen molar-refractivity contribution >= 4 is 29.9 Å². The van der Waals surface area contributed by atoms with Gasteiger partial charge in [0.15, 0.2) is 23.3 Å². The van der Waals surface area contributed by atoms with Gasteiger partial charge in [0.05, 0.1) is 19.3 Å². The van der Waals surface area contributed by atoms with Crippen LogP contribution in [0.5, 0.6) is 5.75 Å². The summed E-state index contributed by atoms with van der Waals surface area (Å²) < 4.78 is 24.3. The Balaban J connectivity index is 0.00000341. The van der Waals surface area contributed by atoms with Gasteiger partial charge < -0.3 is 19.9 Å². The molecule has 1 aliphatic heterocycles. The van der Waals surface area contributed by atoms with Crippen LogP contribution in [0.15, 0.2) is 33.8 Å². The number of guanidine groups is 1. The second-order valence-electron chi connectivity index (χ2n) is 7.96. The average molecular weight is 545 g/mol. The fourth-order valence-electron chi connectivity index (χ4n) is 3.55. The van der Waals surface area contributed by atoms with Crippen LogP contribution in [0.4, 0.5) is 4.39 Å². The Kier molecular flexibility index (Phi) is 10.0. The molecule has 0 bridgehead atoms. The molecule has 172 valence electrons. The summed E-state index contributed by atoms with van der Waals surface area (Å²) >= 11 is 0. The SMILES string of the molecule is CN=C(NCc1cc(C(C)C)no1)NC1CCN(Cc2ccc(OC)c(F)c2)CC1.I. The number of halogens is 2. The van der Waals surface area contributed by atoms with Crippen molar-refractivity contribution in [1.82, 2.24) is 20.7 Å². The predicted molar refractivity (Wildman–Crippen MR) is 131 cm³/mol. The van der Waals surface area contributed by atoms with E-state index in [1.54, 1.807) is 19.2 Å². The van der Waals surface area contributed by atoms with Crippen molar-refractivity contribution in [2.75, 3.05) is 27.2 Å². The molecule has 2 aromatic rings. The molecule has 1 aromatic heterocycles. The molecule has 1 fully saturated rings. The third-order valence-corrected chi connectivity index (χ3v) is 5.37. The summed E-state index contributed by atoms with van der Waals surface area (Å²) in [6.07, 6.45) is 2.00. The summed E-state index contributed by atoms with van der Waals surface area (Å²) in [7, 11) is 3.25. The van der Waals surface area contributed by atoms with E-state index in [1.807, 2.05) is 12.1 Å².